The fourth-order valence-electron chi connectivity index (χ4n) is 3.34. The maximum absolute atomic E-state index is 12.9. The van der Waals surface area contributed by atoms with Gasteiger partial charge in [-0.1, -0.05) is 23.7 Å². The van der Waals surface area contributed by atoms with Gasteiger partial charge in [-0.15, -0.1) is 0 Å². The van der Waals surface area contributed by atoms with Gasteiger partial charge in [0.15, 0.2) is 0 Å². The molecule has 0 bridgehead atoms. The zero-order valence-corrected chi connectivity index (χ0v) is 19.0. The maximum Gasteiger partial charge on any atom is 0.255 e. The summed E-state index contributed by atoms with van der Waals surface area (Å²) < 4.78 is 1.45. The number of nitrogens with two attached hydrogens (primary N) is 1. The molecule has 174 valence electrons. The molecule has 0 fully saturated rings. The second-order valence-corrected chi connectivity index (χ2v) is 7.94. The number of pyridine rings is 1. The largest absolute Gasteiger partial charge is 0.366 e. The number of carbonyl (C=O) groups is 3. The molecule has 0 aliphatic rings. The van der Waals surface area contributed by atoms with Crippen molar-refractivity contribution in [1.29, 1.82) is 0 Å². The topological polar surface area (TPSA) is 123 Å². The number of nitrogens with zero attached hydrogens (tertiary/aromatic N) is 1. The lowest BCUT2D eigenvalue weighted by molar-refractivity contribution is 0.0996. The van der Waals surface area contributed by atoms with E-state index in [4.69, 9.17) is 17.3 Å². The normalized spacial score (nSPS) is 10.4. The van der Waals surface area contributed by atoms with Crippen molar-refractivity contribution < 1.29 is 14.4 Å². The maximum atomic E-state index is 12.9. The minimum absolute atomic E-state index is 0.155. The van der Waals surface area contributed by atoms with Crippen molar-refractivity contribution in [2.24, 2.45) is 5.73 Å². The van der Waals surface area contributed by atoms with Gasteiger partial charge >= 0.3 is 0 Å². The van der Waals surface area contributed by atoms with Crippen LogP contribution in [0.15, 0.2) is 95.9 Å². The highest BCUT2D eigenvalue weighted by Crippen LogP contribution is 2.25. The molecule has 1 aromatic heterocycles. The fraction of sp³-hybridized carbons (Fsp3) is 0. The molecule has 0 atom stereocenters. The van der Waals surface area contributed by atoms with E-state index in [1.807, 2.05) is 0 Å². The van der Waals surface area contributed by atoms with Gasteiger partial charge in [0, 0.05) is 39.7 Å². The standard InChI is InChI=1S/C26H19ClN4O4/c27-19-5-3-4-18(14-19)26(35)30-22-15-17(24(28)33)9-12-21(22)29-25(34)16-7-10-20(11-8-16)31-13-2-1-6-23(31)32/h1-15H,(H2,28,33)(H,29,34)(H,30,35). The Morgan fingerprint density at radius 2 is 1.40 bits per heavy atom. The van der Waals surface area contributed by atoms with E-state index < -0.39 is 17.7 Å². The number of amides is 3. The van der Waals surface area contributed by atoms with Crippen LogP contribution >= 0.6 is 11.6 Å². The Labute approximate surface area is 205 Å². The van der Waals surface area contributed by atoms with Gasteiger partial charge in [0.1, 0.15) is 0 Å². The van der Waals surface area contributed by atoms with Crippen LogP contribution < -0.4 is 21.9 Å². The van der Waals surface area contributed by atoms with E-state index in [1.165, 1.54) is 34.9 Å². The van der Waals surface area contributed by atoms with Gasteiger partial charge in [0.2, 0.25) is 5.91 Å². The number of nitrogens with one attached hydrogen (secondary N) is 2. The SMILES string of the molecule is NC(=O)c1ccc(NC(=O)c2ccc(-n3ccccc3=O)cc2)c(NC(=O)c2cccc(Cl)c2)c1. The molecule has 4 N–H and O–H groups in total. The highest BCUT2D eigenvalue weighted by Gasteiger charge is 2.15. The average Bonchev–Trinajstić information content (AvgIpc) is 2.85. The first kappa shape index (κ1) is 23.5. The molecule has 3 aromatic carbocycles. The second-order valence-electron chi connectivity index (χ2n) is 7.50. The lowest BCUT2D eigenvalue weighted by Crippen LogP contribution is -2.19. The monoisotopic (exact) mass is 486 g/mol. The Hall–Kier alpha value is -4.69. The van der Waals surface area contributed by atoms with E-state index in [9.17, 15) is 19.2 Å². The van der Waals surface area contributed by atoms with Crippen LogP contribution in [-0.4, -0.2) is 22.3 Å². The summed E-state index contributed by atoms with van der Waals surface area (Å²) >= 11 is 5.97. The van der Waals surface area contributed by atoms with Crippen LogP contribution in [0.1, 0.15) is 31.1 Å². The van der Waals surface area contributed by atoms with Crippen molar-refractivity contribution in [3.8, 4) is 5.69 Å². The Morgan fingerprint density at radius 3 is 2.09 bits per heavy atom. The minimum atomic E-state index is -0.687. The number of carbonyl (C=O) groups excluding carboxylic acids is 3. The van der Waals surface area contributed by atoms with E-state index in [0.29, 0.717) is 21.8 Å². The Balaban J connectivity index is 1.59. The number of primary amides is 1. The van der Waals surface area contributed by atoms with Crippen molar-refractivity contribution in [3.05, 3.63) is 123 Å². The van der Waals surface area contributed by atoms with Gasteiger partial charge in [0.05, 0.1) is 11.4 Å². The molecule has 35 heavy (non-hydrogen) atoms. The smallest absolute Gasteiger partial charge is 0.255 e. The van der Waals surface area contributed by atoms with E-state index in [2.05, 4.69) is 10.6 Å². The first-order chi connectivity index (χ1) is 16.8. The molecule has 9 heteroatoms. The van der Waals surface area contributed by atoms with E-state index in [1.54, 1.807) is 60.8 Å². The molecule has 0 radical (unpaired) electrons. The number of anilines is 2. The first-order valence-corrected chi connectivity index (χ1v) is 10.8. The van der Waals surface area contributed by atoms with Crippen molar-refractivity contribution in [1.82, 2.24) is 4.57 Å². The highest BCUT2D eigenvalue weighted by molar-refractivity contribution is 6.31. The lowest BCUT2D eigenvalue weighted by Gasteiger charge is -2.14. The molecule has 4 aromatic rings. The summed E-state index contributed by atoms with van der Waals surface area (Å²) in [5, 5.41) is 5.80. The minimum Gasteiger partial charge on any atom is -0.366 e. The third-order valence-electron chi connectivity index (χ3n) is 5.12. The van der Waals surface area contributed by atoms with Crippen LogP contribution in [0.5, 0.6) is 0 Å². The number of rotatable bonds is 6. The molecule has 4 rings (SSSR count). The number of benzene rings is 3. The van der Waals surface area contributed by atoms with Gasteiger partial charge in [-0.05, 0) is 66.7 Å². The molecule has 8 nitrogen and oxygen atoms in total. The summed E-state index contributed by atoms with van der Waals surface area (Å²) in [6, 6.07) is 21.9. The predicted octanol–water partition coefficient (Wildman–Crippen LogP) is 4.09. The lowest BCUT2D eigenvalue weighted by atomic mass is 10.1. The fourth-order valence-corrected chi connectivity index (χ4v) is 3.53. The van der Waals surface area contributed by atoms with Gasteiger partial charge in [-0.3, -0.25) is 23.7 Å². The number of halogens is 1. The molecule has 0 saturated carbocycles. The number of hydrogen-bond acceptors (Lipinski definition) is 4. The second kappa shape index (κ2) is 10.1. The Kier molecular flexibility index (Phi) is 6.75. The van der Waals surface area contributed by atoms with Gasteiger partial charge in [0.25, 0.3) is 17.4 Å². The van der Waals surface area contributed by atoms with Crippen molar-refractivity contribution in [2.45, 2.75) is 0 Å². The summed E-state index contributed by atoms with van der Waals surface area (Å²) in [6.45, 7) is 0. The predicted molar refractivity (Wildman–Crippen MR) is 134 cm³/mol. The van der Waals surface area contributed by atoms with Gasteiger partial charge in [-0.25, -0.2) is 0 Å². The van der Waals surface area contributed by atoms with Crippen LogP contribution in [0.4, 0.5) is 11.4 Å². The molecule has 0 unspecified atom stereocenters. The molecule has 1 heterocycles. The van der Waals surface area contributed by atoms with Crippen LogP contribution in [0, 0.1) is 0 Å². The quantitative estimate of drug-likeness (QED) is 0.379. The van der Waals surface area contributed by atoms with Crippen LogP contribution in [-0.2, 0) is 0 Å². The van der Waals surface area contributed by atoms with E-state index in [-0.39, 0.29) is 22.5 Å². The average molecular weight is 487 g/mol. The van der Waals surface area contributed by atoms with Crippen LogP contribution in [0.2, 0.25) is 5.02 Å². The molecular weight excluding hydrogens is 468 g/mol. The van der Waals surface area contributed by atoms with Crippen LogP contribution in [0.3, 0.4) is 0 Å². The molecule has 0 saturated heterocycles. The van der Waals surface area contributed by atoms with Gasteiger partial charge in [-0.2, -0.15) is 0 Å². The number of hydrogen-bond donors (Lipinski definition) is 3. The molecule has 3 amide bonds. The third-order valence-corrected chi connectivity index (χ3v) is 5.35. The first-order valence-electron chi connectivity index (χ1n) is 10.4. The van der Waals surface area contributed by atoms with Crippen molar-refractivity contribution in [3.63, 3.8) is 0 Å². The third kappa shape index (κ3) is 5.45. The Bertz CT molecular complexity index is 1500. The van der Waals surface area contributed by atoms with Gasteiger partial charge < -0.3 is 16.4 Å². The molecule has 0 aliphatic carbocycles. The summed E-state index contributed by atoms with van der Waals surface area (Å²) in [5.41, 5.74) is 7.01. The molecule has 0 spiro atoms. The summed E-state index contributed by atoms with van der Waals surface area (Å²) in [7, 11) is 0. The zero-order valence-electron chi connectivity index (χ0n) is 18.2. The highest BCUT2D eigenvalue weighted by atomic mass is 35.5. The summed E-state index contributed by atoms with van der Waals surface area (Å²) in [4.78, 5) is 49.3. The number of aromatic nitrogens is 1. The van der Waals surface area contributed by atoms with E-state index >= 15 is 0 Å². The molecular formula is C26H19ClN4O4. The summed E-state index contributed by atoms with van der Waals surface area (Å²) in [6.07, 6.45) is 1.63. The van der Waals surface area contributed by atoms with Crippen LogP contribution in [0.25, 0.3) is 5.69 Å². The zero-order chi connectivity index (χ0) is 24.9. The Morgan fingerprint density at radius 1 is 0.714 bits per heavy atom. The van der Waals surface area contributed by atoms with Crippen molar-refractivity contribution in [2.75, 3.05) is 10.6 Å². The van der Waals surface area contributed by atoms with E-state index in [0.717, 1.165) is 0 Å². The molecule has 0 aliphatic heterocycles. The summed E-state index contributed by atoms with van der Waals surface area (Å²) in [5.74, 6) is -1.63. The van der Waals surface area contributed by atoms with Crippen molar-refractivity contribution >= 4 is 40.7 Å².